The minimum Gasteiger partial charge on any atom is -0.374 e. The second kappa shape index (κ2) is 7.33. The van der Waals surface area contributed by atoms with Crippen LogP contribution in [0.25, 0.3) is 0 Å². The van der Waals surface area contributed by atoms with Gasteiger partial charge in [0.15, 0.2) is 0 Å². The van der Waals surface area contributed by atoms with Gasteiger partial charge in [0, 0.05) is 20.3 Å². The molecule has 0 aromatic heterocycles. The van der Waals surface area contributed by atoms with Crippen LogP contribution in [0.4, 0.5) is 5.69 Å². The van der Waals surface area contributed by atoms with Gasteiger partial charge in [0.05, 0.1) is 0 Å². The first-order chi connectivity index (χ1) is 8.40. The molecule has 0 bridgehead atoms. The van der Waals surface area contributed by atoms with Crippen molar-refractivity contribution in [3.05, 3.63) is 26.2 Å². The number of halogens is 2. The van der Waals surface area contributed by atoms with E-state index in [-0.39, 0.29) is 11.9 Å². The van der Waals surface area contributed by atoms with E-state index in [2.05, 4.69) is 63.0 Å². The fraction of sp³-hybridized carbons (Fsp3) is 0.462. The van der Waals surface area contributed by atoms with Crippen LogP contribution < -0.4 is 10.6 Å². The Labute approximate surface area is 130 Å². The van der Waals surface area contributed by atoms with Gasteiger partial charge in [-0.05, 0) is 69.6 Å². The average molecular weight is 425 g/mol. The minimum absolute atomic E-state index is 0.0293. The molecule has 0 spiro atoms. The molecule has 18 heavy (non-hydrogen) atoms. The molecule has 1 atom stereocenters. The van der Waals surface area contributed by atoms with Crippen molar-refractivity contribution in [2.45, 2.75) is 26.8 Å². The van der Waals surface area contributed by atoms with E-state index < -0.39 is 0 Å². The first-order valence-corrected chi connectivity index (χ1v) is 7.76. The Morgan fingerprint density at radius 2 is 2.06 bits per heavy atom. The van der Waals surface area contributed by atoms with E-state index in [1.165, 1.54) is 0 Å². The van der Waals surface area contributed by atoms with Crippen molar-refractivity contribution in [1.29, 1.82) is 0 Å². The molecule has 0 aliphatic rings. The second-order valence-corrected chi connectivity index (χ2v) is 6.65. The minimum atomic E-state index is -0.235. The largest absolute Gasteiger partial charge is 0.374 e. The summed E-state index contributed by atoms with van der Waals surface area (Å²) in [7, 11) is 0. The topological polar surface area (TPSA) is 41.1 Å². The summed E-state index contributed by atoms with van der Waals surface area (Å²) in [6, 6.07) is 5.71. The summed E-state index contributed by atoms with van der Waals surface area (Å²) < 4.78 is 2.18. The van der Waals surface area contributed by atoms with Crippen LogP contribution in [0.15, 0.2) is 22.7 Å². The predicted octanol–water partition coefficient (Wildman–Crippen LogP) is 3.63. The molecule has 100 valence electrons. The second-order valence-electron chi connectivity index (χ2n) is 4.63. The van der Waals surface area contributed by atoms with Crippen molar-refractivity contribution in [2.75, 3.05) is 11.9 Å². The van der Waals surface area contributed by atoms with Crippen LogP contribution in [0.1, 0.15) is 20.8 Å². The molecule has 0 saturated carbocycles. The molecule has 2 N–H and O–H groups in total. The van der Waals surface area contributed by atoms with Crippen molar-refractivity contribution >= 4 is 50.1 Å². The third-order valence-electron chi connectivity index (χ3n) is 2.38. The van der Waals surface area contributed by atoms with Gasteiger partial charge in [0.25, 0.3) is 0 Å². The SMILES string of the molecule is CC(C)CNC(=O)C(C)Nc1ccc(Br)c(I)c1. The molecule has 1 aromatic rings. The highest BCUT2D eigenvalue weighted by molar-refractivity contribution is 14.1. The molecule has 1 amide bonds. The van der Waals surface area contributed by atoms with E-state index in [1.807, 2.05) is 25.1 Å². The first-order valence-electron chi connectivity index (χ1n) is 5.89. The van der Waals surface area contributed by atoms with Gasteiger partial charge in [-0.15, -0.1) is 0 Å². The molecular weight excluding hydrogens is 407 g/mol. The average Bonchev–Trinajstić information content (AvgIpc) is 2.30. The zero-order valence-corrected chi connectivity index (χ0v) is 14.5. The smallest absolute Gasteiger partial charge is 0.242 e. The molecule has 0 radical (unpaired) electrons. The quantitative estimate of drug-likeness (QED) is 0.708. The van der Waals surface area contributed by atoms with Gasteiger partial charge in [-0.3, -0.25) is 4.79 Å². The molecule has 1 aromatic carbocycles. The maximum absolute atomic E-state index is 11.8. The Morgan fingerprint density at radius 3 is 2.61 bits per heavy atom. The summed E-state index contributed by atoms with van der Waals surface area (Å²) in [6.07, 6.45) is 0. The van der Waals surface area contributed by atoms with Crippen LogP contribution in [0.5, 0.6) is 0 Å². The summed E-state index contributed by atoms with van der Waals surface area (Å²) >= 11 is 5.70. The molecule has 0 saturated heterocycles. The monoisotopic (exact) mass is 424 g/mol. The molecule has 0 aliphatic heterocycles. The lowest BCUT2D eigenvalue weighted by Gasteiger charge is -2.16. The standard InChI is InChI=1S/C13H18BrIN2O/c1-8(2)7-16-13(18)9(3)17-10-4-5-11(14)12(15)6-10/h4-6,8-9,17H,7H2,1-3H3,(H,16,18). The Bertz CT molecular complexity index is 423. The van der Waals surface area contributed by atoms with Gasteiger partial charge in [-0.1, -0.05) is 13.8 Å². The third kappa shape index (κ3) is 5.14. The Hall–Kier alpha value is -0.300. The summed E-state index contributed by atoms with van der Waals surface area (Å²) in [4.78, 5) is 11.8. The summed E-state index contributed by atoms with van der Waals surface area (Å²) in [5.41, 5.74) is 0.954. The van der Waals surface area contributed by atoms with Crippen molar-refractivity contribution in [2.24, 2.45) is 5.92 Å². The van der Waals surface area contributed by atoms with Crippen LogP contribution in [0, 0.1) is 9.49 Å². The molecule has 1 unspecified atom stereocenters. The van der Waals surface area contributed by atoms with E-state index in [0.717, 1.165) is 13.7 Å². The van der Waals surface area contributed by atoms with E-state index in [1.54, 1.807) is 0 Å². The number of hydrogen-bond acceptors (Lipinski definition) is 2. The van der Waals surface area contributed by atoms with Gasteiger partial charge in [-0.2, -0.15) is 0 Å². The number of hydrogen-bond donors (Lipinski definition) is 2. The number of nitrogens with one attached hydrogen (secondary N) is 2. The molecule has 0 heterocycles. The van der Waals surface area contributed by atoms with Gasteiger partial charge in [0.1, 0.15) is 6.04 Å². The van der Waals surface area contributed by atoms with Gasteiger partial charge in [0.2, 0.25) is 5.91 Å². The highest BCUT2D eigenvalue weighted by Crippen LogP contribution is 2.22. The molecule has 0 aliphatic carbocycles. The van der Waals surface area contributed by atoms with Crippen molar-refractivity contribution < 1.29 is 4.79 Å². The lowest BCUT2D eigenvalue weighted by molar-refractivity contribution is -0.121. The lowest BCUT2D eigenvalue weighted by atomic mass is 10.2. The normalized spacial score (nSPS) is 12.3. The molecule has 0 fully saturated rings. The highest BCUT2D eigenvalue weighted by atomic mass is 127. The van der Waals surface area contributed by atoms with E-state index >= 15 is 0 Å². The van der Waals surface area contributed by atoms with E-state index in [0.29, 0.717) is 12.5 Å². The number of benzene rings is 1. The van der Waals surface area contributed by atoms with Crippen LogP contribution in [-0.4, -0.2) is 18.5 Å². The van der Waals surface area contributed by atoms with Crippen molar-refractivity contribution in [1.82, 2.24) is 5.32 Å². The number of amides is 1. The van der Waals surface area contributed by atoms with Crippen LogP contribution in [0.3, 0.4) is 0 Å². The molecular formula is C13H18BrIN2O. The highest BCUT2D eigenvalue weighted by Gasteiger charge is 2.12. The summed E-state index contributed by atoms with van der Waals surface area (Å²) in [5.74, 6) is 0.497. The van der Waals surface area contributed by atoms with Gasteiger partial charge < -0.3 is 10.6 Å². The van der Waals surface area contributed by atoms with Crippen molar-refractivity contribution in [3.8, 4) is 0 Å². The Morgan fingerprint density at radius 1 is 1.39 bits per heavy atom. The maximum atomic E-state index is 11.8. The van der Waals surface area contributed by atoms with Gasteiger partial charge in [-0.25, -0.2) is 0 Å². The summed E-state index contributed by atoms with van der Waals surface area (Å²) in [5, 5.41) is 6.11. The third-order valence-corrected chi connectivity index (χ3v) is 4.71. The fourth-order valence-corrected chi connectivity index (χ4v) is 2.12. The Balaban J connectivity index is 2.55. The van der Waals surface area contributed by atoms with Crippen LogP contribution in [-0.2, 0) is 4.79 Å². The lowest BCUT2D eigenvalue weighted by Crippen LogP contribution is -2.39. The molecule has 1 rings (SSSR count). The van der Waals surface area contributed by atoms with E-state index in [4.69, 9.17) is 0 Å². The van der Waals surface area contributed by atoms with Crippen molar-refractivity contribution in [3.63, 3.8) is 0 Å². The first kappa shape index (κ1) is 15.8. The predicted molar refractivity (Wildman–Crippen MR) is 87.8 cm³/mol. The maximum Gasteiger partial charge on any atom is 0.242 e. The number of carbonyl (C=O) groups excluding carboxylic acids is 1. The molecule has 5 heteroatoms. The zero-order valence-electron chi connectivity index (χ0n) is 10.8. The van der Waals surface area contributed by atoms with Crippen LogP contribution >= 0.6 is 38.5 Å². The van der Waals surface area contributed by atoms with E-state index in [9.17, 15) is 4.79 Å². The zero-order chi connectivity index (χ0) is 13.7. The van der Waals surface area contributed by atoms with Crippen LogP contribution in [0.2, 0.25) is 0 Å². The number of carbonyl (C=O) groups is 1. The van der Waals surface area contributed by atoms with Gasteiger partial charge >= 0.3 is 0 Å². The fourth-order valence-electron chi connectivity index (χ4n) is 1.36. The Kier molecular flexibility index (Phi) is 6.42. The number of rotatable bonds is 5. The molecule has 3 nitrogen and oxygen atoms in total. The summed E-state index contributed by atoms with van der Waals surface area (Å²) in [6.45, 7) is 6.73. The number of anilines is 1.